The molecule has 3 N–H and O–H groups in total. The van der Waals surface area contributed by atoms with E-state index >= 15 is 0 Å². The predicted octanol–water partition coefficient (Wildman–Crippen LogP) is 5.16. The third kappa shape index (κ3) is 3.52. The van der Waals surface area contributed by atoms with Crippen LogP contribution < -0.4 is 11.1 Å². The first-order valence-electron chi connectivity index (χ1n) is 9.51. The third-order valence-electron chi connectivity index (χ3n) is 5.31. The van der Waals surface area contributed by atoms with Gasteiger partial charge in [-0.15, -0.1) is 0 Å². The van der Waals surface area contributed by atoms with Crippen LogP contribution in [-0.4, -0.2) is 12.1 Å². The largest absolute Gasteiger partial charge is 0.366 e. The van der Waals surface area contributed by atoms with Gasteiger partial charge in [0.25, 0.3) is 5.91 Å². The van der Waals surface area contributed by atoms with E-state index in [0.29, 0.717) is 11.5 Å². The molecule has 1 atom stereocenters. The van der Waals surface area contributed by atoms with Gasteiger partial charge in [0.15, 0.2) is 0 Å². The van der Waals surface area contributed by atoms with Crippen molar-refractivity contribution in [3.05, 3.63) is 59.3 Å². The van der Waals surface area contributed by atoms with E-state index in [2.05, 4.69) is 61.2 Å². The number of anilines is 1. The Balaban J connectivity index is 2.17. The summed E-state index contributed by atoms with van der Waals surface area (Å²) in [7, 11) is 0. The molecule has 0 saturated carbocycles. The summed E-state index contributed by atoms with van der Waals surface area (Å²) < 4.78 is 0. The molecule has 0 spiro atoms. The molecular weight excluding hydrogens is 334 g/mol. The number of nitrogens with zero attached hydrogens (tertiary/aromatic N) is 1. The molecule has 27 heavy (non-hydrogen) atoms. The average molecular weight is 361 g/mol. The van der Waals surface area contributed by atoms with Crippen LogP contribution in [0.15, 0.2) is 42.0 Å². The van der Waals surface area contributed by atoms with Crippen molar-refractivity contribution in [1.29, 1.82) is 0 Å². The van der Waals surface area contributed by atoms with Crippen molar-refractivity contribution in [1.82, 2.24) is 0 Å². The Morgan fingerprint density at radius 2 is 2.15 bits per heavy atom. The van der Waals surface area contributed by atoms with Gasteiger partial charge in [-0.2, -0.15) is 0 Å². The van der Waals surface area contributed by atoms with Crippen molar-refractivity contribution in [2.45, 2.75) is 40.0 Å². The van der Waals surface area contributed by atoms with Gasteiger partial charge in [-0.3, -0.25) is 9.79 Å². The maximum absolute atomic E-state index is 12.0. The number of fused-ring (bicyclic) bond motifs is 1. The van der Waals surface area contributed by atoms with E-state index in [0.717, 1.165) is 52.9 Å². The summed E-state index contributed by atoms with van der Waals surface area (Å²) in [6, 6.07) is 8.53. The zero-order chi connectivity index (χ0) is 19.6. The zero-order valence-electron chi connectivity index (χ0n) is 16.3. The summed E-state index contributed by atoms with van der Waals surface area (Å²) in [5.74, 6) is 0.0915. The molecule has 0 bridgehead atoms. The lowest BCUT2D eigenvalue weighted by atomic mass is 9.88. The molecule has 1 unspecified atom stereocenters. The highest BCUT2D eigenvalue weighted by molar-refractivity contribution is 6.02. The van der Waals surface area contributed by atoms with Crippen LogP contribution in [0.2, 0.25) is 0 Å². The van der Waals surface area contributed by atoms with Crippen molar-refractivity contribution in [3.8, 4) is 11.1 Å². The molecule has 1 aliphatic heterocycles. The second kappa shape index (κ2) is 7.78. The van der Waals surface area contributed by atoms with Gasteiger partial charge in [0.05, 0.1) is 16.9 Å². The third-order valence-corrected chi connectivity index (χ3v) is 5.31. The number of aryl methyl sites for hydroxylation is 1. The maximum atomic E-state index is 12.0. The van der Waals surface area contributed by atoms with Crippen LogP contribution in [0.1, 0.15) is 47.3 Å². The average Bonchev–Trinajstić information content (AvgIpc) is 2.66. The fourth-order valence-electron chi connectivity index (χ4n) is 3.86. The fourth-order valence-corrected chi connectivity index (χ4v) is 3.86. The predicted molar refractivity (Wildman–Crippen MR) is 114 cm³/mol. The minimum absolute atomic E-state index is 0.432. The number of aliphatic imine (C=N–C) groups is 1. The number of benzene rings is 2. The van der Waals surface area contributed by atoms with Crippen LogP contribution in [-0.2, 0) is 12.8 Å². The number of rotatable bonds is 6. The molecule has 4 nitrogen and oxygen atoms in total. The number of carbonyl (C=O) groups excluding carboxylic acids is 1. The molecule has 4 heteroatoms. The van der Waals surface area contributed by atoms with E-state index in [1.165, 1.54) is 5.56 Å². The molecule has 1 heterocycles. The van der Waals surface area contributed by atoms with Gasteiger partial charge >= 0.3 is 0 Å². The highest BCUT2D eigenvalue weighted by Crippen LogP contribution is 2.38. The quantitative estimate of drug-likeness (QED) is 0.746. The molecule has 1 amide bonds. The second-order valence-corrected chi connectivity index (χ2v) is 7.03. The van der Waals surface area contributed by atoms with E-state index in [1.807, 2.05) is 6.92 Å². The molecule has 0 aliphatic carbocycles. The van der Waals surface area contributed by atoms with Crippen molar-refractivity contribution in [2.24, 2.45) is 16.6 Å². The zero-order valence-corrected chi connectivity index (χ0v) is 16.3. The minimum atomic E-state index is -0.432. The molecule has 1 aliphatic rings. The van der Waals surface area contributed by atoms with Crippen LogP contribution in [0.25, 0.3) is 11.1 Å². The second-order valence-electron chi connectivity index (χ2n) is 7.03. The first kappa shape index (κ1) is 18.9. The highest BCUT2D eigenvalue weighted by Gasteiger charge is 2.20. The van der Waals surface area contributed by atoms with Crippen LogP contribution in [0.5, 0.6) is 0 Å². The van der Waals surface area contributed by atoms with E-state index < -0.39 is 5.91 Å². The SMILES string of the molecule is C=CNc1c(CC)c(-c2ccc3c(c2)N=CC(CC)C3)cc(C)c1C(N)=O. The summed E-state index contributed by atoms with van der Waals surface area (Å²) in [5.41, 5.74) is 13.4. The first-order valence-corrected chi connectivity index (χ1v) is 9.51. The Morgan fingerprint density at radius 1 is 1.37 bits per heavy atom. The Morgan fingerprint density at radius 3 is 2.78 bits per heavy atom. The number of hydrogen-bond donors (Lipinski definition) is 2. The summed E-state index contributed by atoms with van der Waals surface area (Å²) in [6.45, 7) is 9.94. The topological polar surface area (TPSA) is 67.5 Å². The fraction of sp³-hybridized carbons (Fsp3) is 0.304. The number of amides is 1. The molecular formula is C23H27N3O. The highest BCUT2D eigenvalue weighted by atomic mass is 16.1. The van der Waals surface area contributed by atoms with E-state index in [1.54, 1.807) is 6.20 Å². The summed E-state index contributed by atoms with van der Waals surface area (Å²) in [5, 5.41) is 3.14. The number of primary amides is 1. The summed E-state index contributed by atoms with van der Waals surface area (Å²) in [4.78, 5) is 16.7. The molecule has 0 radical (unpaired) electrons. The van der Waals surface area contributed by atoms with Gasteiger partial charge in [-0.05, 0) is 72.2 Å². The number of nitrogens with two attached hydrogens (primary N) is 1. The van der Waals surface area contributed by atoms with Crippen molar-refractivity contribution in [3.63, 3.8) is 0 Å². The normalized spacial score (nSPS) is 15.3. The molecule has 0 fully saturated rings. The molecule has 2 aromatic carbocycles. The van der Waals surface area contributed by atoms with E-state index in [-0.39, 0.29) is 0 Å². The molecule has 3 rings (SSSR count). The van der Waals surface area contributed by atoms with Gasteiger partial charge < -0.3 is 11.1 Å². The Bertz CT molecular complexity index is 928. The van der Waals surface area contributed by atoms with Crippen molar-refractivity contribution in [2.75, 3.05) is 5.32 Å². The lowest BCUT2D eigenvalue weighted by Gasteiger charge is -2.21. The summed E-state index contributed by atoms with van der Waals surface area (Å²) >= 11 is 0. The first-order chi connectivity index (χ1) is 13.0. The van der Waals surface area contributed by atoms with Crippen LogP contribution in [0.4, 0.5) is 11.4 Å². The molecule has 0 saturated heterocycles. The van der Waals surface area contributed by atoms with Crippen LogP contribution in [0.3, 0.4) is 0 Å². The Kier molecular flexibility index (Phi) is 5.45. The van der Waals surface area contributed by atoms with Crippen molar-refractivity contribution < 1.29 is 4.79 Å². The number of nitrogens with one attached hydrogen (secondary N) is 1. The summed E-state index contributed by atoms with van der Waals surface area (Å²) in [6.07, 6.45) is 6.57. The minimum Gasteiger partial charge on any atom is -0.366 e. The maximum Gasteiger partial charge on any atom is 0.251 e. The Labute approximate surface area is 161 Å². The molecule has 2 aromatic rings. The lowest BCUT2D eigenvalue weighted by molar-refractivity contribution is 0.100. The van der Waals surface area contributed by atoms with Crippen LogP contribution in [0, 0.1) is 12.8 Å². The number of carbonyl (C=O) groups is 1. The van der Waals surface area contributed by atoms with Crippen molar-refractivity contribution >= 4 is 23.5 Å². The van der Waals surface area contributed by atoms with Gasteiger partial charge in [-0.1, -0.05) is 38.6 Å². The molecule has 140 valence electrons. The monoisotopic (exact) mass is 361 g/mol. The van der Waals surface area contributed by atoms with Gasteiger partial charge in [0, 0.05) is 6.21 Å². The lowest BCUT2D eigenvalue weighted by Crippen LogP contribution is -2.17. The Hall–Kier alpha value is -2.88. The van der Waals surface area contributed by atoms with Crippen LogP contribution >= 0.6 is 0 Å². The smallest absolute Gasteiger partial charge is 0.251 e. The van der Waals surface area contributed by atoms with Gasteiger partial charge in [0.2, 0.25) is 0 Å². The van der Waals surface area contributed by atoms with E-state index in [4.69, 9.17) is 5.73 Å². The van der Waals surface area contributed by atoms with Gasteiger partial charge in [-0.25, -0.2) is 0 Å². The number of hydrogen-bond acceptors (Lipinski definition) is 3. The van der Waals surface area contributed by atoms with E-state index in [9.17, 15) is 4.79 Å². The van der Waals surface area contributed by atoms with Gasteiger partial charge in [0.1, 0.15) is 0 Å². The molecule has 0 aromatic heterocycles. The standard InChI is InChI=1S/C23H27N3O/c1-5-15-11-17-9-8-16(12-20(17)26-13-15)19-10-14(4)21(23(24)27)22(25-7-3)18(19)6-2/h7-10,12-13,15,25H,3,5-6,11H2,1-2,4H3,(H2,24,27).